The van der Waals surface area contributed by atoms with Gasteiger partial charge in [0.1, 0.15) is 0 Å². The highest BCUT2D eigenvalue weighted by Gasteiger charge is 2.34. The summed E-state index contributed by atoms with van der Waals surface area (Å²) >= 11 is 0. The maximum absolute atomic E-state index is 3.51. The first kappa shape index (κ1) is 8.45. The molecule has 1 aromatic carbocycles. The van der Waals surface area contributed by atoms with E-state index in [1.54, 1.807) is 0 Å². The van der Waals surface area contributed by atoms with Crippen molar-refractivity contribution in [2.45, 2.75) is 25.6 Å². The fraction of sp³-hybridized carbons (Fsp3) is 0.500. The van der Waals surface area contributed by atoms with Crippen LogP contribution in [0.5, 0.6) is 0 Å². The second-order valence-electron chi connectivity index (χ2n) is 4.39. The molecule has 3 rings (SSSR count). The van der Waals surface area contributed by atoms with E-state index in [9.17, 15) is 0 Å². The third-order valence-electron chi connectivity index (χ3n) is 3.51. The summed E-state index contributed by atoms with van der Waals surface area (Å²) in [5.74, 6) is 0. The van der Waals surface area contributed by atoms with Crippen LogP contribution in [0, 0.1) is 0 Å². The van der Waals surface area contributed by atoms with Crippen LogP contribution in [0.2, 0.25) is 0 Å². The average molecular weight is 188 g/mol. The Bertz CT molecular complexity index is 348. The summed E-state index contributed by atoms with van der Waals surface area (Å²) in [6.45, 7) is 5.70. The van der Waals surface area contributed by atoms with Gasteiger partial charge in [0, 0.05) is 31.7 Å². The molecule has 74 valence electrons. The zero-order valence-electron chi connectivity index (χ0n) is 8.53. The normalized spacial score (nSPS) is 31.2. The molecule has 0 radical (unpaired) electrons. The van der Waals surface area contributed by atoms with Crippen molar-refractivity contribution < 1.29 is 0 Å². The molecule has 2 heteroatoms. The standard InChI is InChI=1S/C12H16N2/c1-9-6-13-7-12-11-5-3-2-4-10(11)8-14(9)12/h2-5,9,12-13H,6-8H2,1H3. The molecule has 0 amide bonds. The minimum atomic E-state index is 0.620. The first-order valence-electron chi connectivity index (χ1n) is 5.40. The molecule has 0 aliphatic carbocycles. The maximum Gasteiger partial charge on any atom is 0.0482 e. The van der Waals surface area contributed by atoms with Crippen LogP contribution in [0.3, 0.4) is 0 Å². The van der Waals surface area contributed by atoms with Crippen LogP contribution in [-0.4, -0.2) is 24.0 Å². The highest BCUT2D eigenvalue weighted by atomic mass is 15.3. The van der Waals surface area contributed by atoms with Crippen molar-refractivity contribution in [3.63, 3.8) is 0 Å². The van der Waals surface area contributed by atoms with Gasteiger partial charge in [0.25, 0.3) is 0 Å². The lowest BCUT2D eigenvalue weighted by atomic mass is 10.0. The summed E-state index contributed by atoms with van der Waals surface area (Å²) in [7, 11) is 0. The lowest BCUT2D eigenvalue weighted by Crippen LogP contribution is -2.48. The molecule has 2 heterocycles. The molecule has 0 saturated carbocycles. The van der Waals surface area contributed by atoms with Crippen LogP contribution < -0.4 is 5.32 Å². The number of hydrogen-bond acceptors (Lipinski definition) is 2. The summed E-state index contributed by atoms with van der Waals surface area (Å²) in [6, 6.07) is 10.1. The Balaban J connectivity index is 2.00. The van der Waals surface area contributed by atoms with E-state index in [1.807, 2.05) is 0 Å². The van der Waals surface area contributed by atoms with E-state index in [1.165, 1.54) is 11.1 Å². The molecule has 0 aromatic heterocycles. The highest BCUT2D eigenvalue weighted by Crippen LogP contribution is 2.35. The Kier molecular flexibility index (Phi) is 1.85. The summed E-state index contributed by atoms with van der Waals surface area (Å²) in [5.41, 5.74) is 3.06. The summed E-state index contributed by atoms with van der Waals surface area (Å²) in [5, 5.41) is 3.51. The van der Waals surface area contributed by atoms with Gasteiger partial charge in [-0.25, -0.2) is 0 Å². The first-order chi connectivity index (χ1) is 6.86. The Morgan fingerprint density at radius 3 is 3.07 bits per heavy atom. The van der Waals surface area contributed by atoms with Gasteiger partial charge in [-0.2, -0.15) is 0 Å². The second-order valence-corrected chi connectivity index (χ2v) is 4.39. The molecule has 0 spiro atoms. The van der Waals surface area contributed by atoms with Crippen molar-refractivity contribution in [3.8, 4) is 0 Å². The molecule has 2 atom stereocenters. The lowest BCUT2D eigenvalue weighted by molar-refractivity contribution is 0.119. The van der Waals surface area contributed by atoms with Crippen molar-refractivity contribution in [3.05, 3.63) is 35.4 Å². The van der Waals surface area contributed by atoms with Gasteiger partial charge < -0.3 is 5.32 Å². The van der Waals surface area contributed by atoms with Crippen molar-refractivity contribution in [1.82, 2.24) is 10.2 Å². The molecule has 0 bridgehead atoms. The Hall–Kier alpha value is -0.860. The predicted octanol–water partition coefficient (Wildman–Crippen LogP) is 1.54. The van der Waals surface area contributed by atoms with Crippen LogP contribution in [0.1, 0.15) is 24.1 Å². The molecule has 1 saturated heterocycles. The molecule has 1 fully saturated rings. The van der Waals surface area contributed by atoms with Crippen LogP contribution in [0.4, 0.5) is 0 Å². The summed E-state index contributed by atoms with van der Waals surface area (Å²) in [4.78, 5) is 2.61. The average Bonchev–Trinajstić information content (AvgIpc) is 2.59. The molecule has 2 aliphatic rings. The molecular formula is C12H16N2. The van der Waals surface area contributed by atoms with Gasteiger partial charge in [-0.15, -0.1) is 0 Å². The number of nitrogens with one attached hydrogen (secondary N) is 1. The zero-order valence-corrected chi connectivity index (χ0v) is 8.53. The number of fused-ring (bicyclic) bond motifs is 3. The third kappa shape index (κ3) is 1.11. The molecule has 2 aliphatic heterocycles. The SMILES string of the molecule is CC1CNCC2c3ccccc3CN12. The van der Waals surface area contributed by atoms with Crippen LogP contribution in [-0.2, 0) is 6.54 Å². The second kappa shape index (κ2) is 3.07. The highest BCUT2D eigenvalue weighted by molar-refractivity contribution is 5.35. The van der Waals surface area contributed by atoms with Gasteiger partial charge >= 0.3 is 0 Å². The van der Waals surface area contributed by atoms with Crippen LogP contribution >= 0.6 is 0 Å². The van der Waals surface area contributed by atoms with E-state index in [2.05, 4.69) is 41.4 Å². The quantitative estimate of drug-likeness (QED) is 0.664. The predicted molar refractivity (Wildman–Crippen MR) is 57.1 cm³/mol. The molecular weight excluding hydrogens is 172 g/mol. The van der Waals surface area contributed by atoms with E-state index in [4.69, 9.17) is 0 Å². The fourth-order valence-corrected chi connectivity index (χ4v) is 2.73. The monoisotopic (exact) mass is 188 g/mol. The fourth-order valence-electron chi connectivity index (χ4n) is 2.73. The van der Waals surface area contributed by atoms with Gasteiger partial charge in [0.05, 0.1) is 0 Å². The summed E-state index contributed by atoms with van der Waals surface area (Å²) < 4.78 is 0. The van der Waals surface area contributed by atoms with E-state index in [0.717, 1.165) is 19.6 Å². The number of rotatable bonds is 0. The molecule has 1 aromatic rings. The van der Waals surface area contributed by atoms with Gasteiger partial charge in [-0.3, -0.25) is 4.90 Å². The van der Waals surface area contributed by atoms with Crippen molar-refractivity contribution >= 4 is 0 Å². The van der Waals surface area contributed by atoms with Crippen LogP contribution in [0.15, 0.2) is 24.3 Å². The number of piperazine rings is 1. The van der Waals surface area contributed by atoms with E-state index < -0.39 is 0 Å². The molecule has 2 nitrogen and oxygen atoms in total. The van der Waals surface area contributed by atoms with Crippen molar-refractivity contribution in [2.24, 2.45) is 0 Å². The smallest absolute Gasteiger partial charge is 0.0482 e. The largest absolute Gasteiger partial charge is 0.313 e. The summed E-state index contributed by atoms with van der Waals surface area (Å²) in [6.07, 6.45) is 0. The van der Waals surface area contributed by atoms with Gasteiger partial charge in [0.15, 0.2) is 0 Å². The van der Waals surface area contributed by atoms with Gasteiger partial charge in [-0.1, -0.05) is 24.3 Å². The van der Waals surface area contributed by atoms with Crippen molar-refractivity contribution in [1.29, 1.82) is 0 Å². The molecule has 14 heavy (non-hydrogen) atoms. The van der Waals surface area contributed by atoms with Gasteiger partial charge in [-0.05, 0) is 18.1 Å². The Morgan fingerprint density at radius 2 is 2.14 bits per heavy atom. The maximum atomic E-state index is 3.51. The number of nitrogens with zero attached hydrogens (tertiary/aromatic N) is 1. The molecule has 2 unspecified atom stereocenters. The first-order valence-corrected chi connectivity index (χ1v) is 5.40. The van der Waals surface area contributed by atoms with Crippen molar-refractivity contribution in [2.75, 3.05) is 13.1 Å². The molecule has 1 N–H and O–H groups in total. The minimum absolute atomic E-state index is 0.620. The van der Waals surface area contributed by atoms with E-state index >= 15 is 0 Å². The minimum Gasteiger partial charge on any atom is -0.313 e. The lowest BCUT2D eigenvalue weighted by Gasteiger charge is -2.36. The zero-order chi connectivity index (χ0) is 9.54. The van der Waals surface area contributed by atoms with Crippen LogP contribution in [0.25, 0.3) is 0 Å². The topological polar surface area (TPSA) is 15.3 Å². The number of hydrogen-bond donors (Lipinski definition) is 1. The Morgan fingerprint density at radius 1 is 1.29 bits per heavy atom. The van der Waals surface area contributed by atoms with E-state index in [0.29, 0.717) is 12.1 Å². The van der Waals surface area contributed by atoms with Gasteiger partial charge in [0.2, 0.25) is 0 Å². The van der Waals surface area contributed by atoms with E-state index in [-0.39, 0.29) is 0 Å². The third-order valence-corrected chi connectivity index (χ3v) is 3.51. The Labute approximate surface area is 84.9 Å². The number of benzene rings is 1.